The number of nitrogens with two attached hydrogens (primary N) is 1. The number of hydrogen-bond donors (Lipinski definition) is 1. The molecule has 18 heavy (non-hydrogen) atoms. The van der Waals surface area contributed by atoms with E-state index >= 15 is 0 Å². The molecule has 1 atom stereocenters. The van der Waals surface area contributed by atoms with Crippen LogP contribution in [-0.2, 0) is 6.42 Å². The van der Waals surface area contributed by atoms with Crippen molar-refractivity contribution < 1.29 is 0 Å². The summed E-state index contributed by atoms with van der Waals surface area (Å²) in [7, 11) is 0. The highest BCUT2D eigenvalue weighted by molar-refractivity contribution is 5.85. The molecule has 0 saturated carbocycles. The Morgan fingerprint density at radius 3 is 2.50 bits per heavy atom. The molecule has 0 amide bonds. The van der Waals surface area contributed by atoms with Crippen LogP contribution in [0.25, 0.3) is 10.9 Å². The summed E-state index contributed by atoms with van der Waals surface area (Å²) in [6.45, 7) is 9.32. The van der Waals surface area contributed by atoms with Gasteiger partial charge in [0.05, 0.1) is 5.52 Å². The number of aryl methyl sites for hydroxylation is 3. The lowest BCUT2D eigenvalue weighted by Crippen LogP contribution is -2.14. The van der Waals surface area contributed by atoms with Crippen molar-refractivity contribution >= 4 is 10.9 Å². The lowest BCUT2D eigenvalue weighted by molar-refractivity contribution is 0.585. The number of benzene rings is 1. The van der Waals surface area contributed by atoms with Crippen LogP contribution in [0.3, 0.4) is 0 Å². The predicted molar refractivity (Wildman–Crippen MR) is 77.9 cm³/mol. The van der Waals surface area contributed by atoms with E-state index in [1.54, 1.807) is 0 Å². The second kappa shape index (κ2) is 5.07. The first-order valence-corrected chi connectivity index (χ1v) is 6.58. The predicted octanol–water partition coefficient (Wildman–Crippen LogP) is 3.30. The van der Waals surface area contributed by atoms with E-state index in [9.17, 15) is 0 Å². The minimum absolute atomic E-state index is 0.486. The average molecular weight is 242 g/mol. The van der Waals surface area contributed by atoms with E-state index in [4.69, 9.17) is 10.7 Å². The molecule has 0 spiro atoms. The van der Waals surface area contributed by atoms with Gasteiger partial charge in [0.2, 0.25) is 0 Å². The first-order chi connectivity index (χ1) is 8.51. The van der Waals surface area contributed by atoms with E-state index in [-0.39, 0.29) is 0 Å². The summed E-state index contributed by atoms with van der Waals surface area (Å²) in [5.41, 5.74) is 11.9. The van der Waals surface area contributed by atoms with Gasteiger partial charge in [0, 0.05) is 11.1 Å². The summed E-state index contributed by atoms with van der Waals surface area (Å²) in [6, 6.07) is 6.62. The van der Waals surface area contributed by atoms with E-state index in [0.717, 1.165) is 17.6 Å². The van der Waals surface area contributed by atoms with Crippen molar-refractivity contribution in [3.8, 4) is 0 Å². The van der Waals surface area contributed by atoms with E-state index < -0.39 is 0 Å². The molecule has 0 bridgehead atoms. The average Bonchev–Trinajstić information content (AvgIpc) is 2.30. The molecule has 96 valence electrons. The molecule has 0 saturated heterocycles. The van der Waals surface area contributed by atoms with Crippen LogP contribution in [0.1, 0.15) is 29.3 Å². The van der Waals surface area contributed by atoms with Crippen molar-refractivity contribution in [2.24, 2.45) is 11.7 Å². The highest BCUT2D eigenvalue weighted by atomic mass is 14.7. The largest absolute Gasteiger partial charge is 0.330 e. The summed E-state index contributed by atoms with van der Waals surface area (Å²) in [5.74, 6) is 0.486. The number of pyridine rings is 1. The maximum atomic E-state index is 5.69. The molecule has 0 radical (unpaired) electrons. The van der Waals surface area contributed by atoms with Gasteiger partial charge in [-0.3, -0.25) is 4.98 Å². The second-order valence-electron chi connectivity index (χ2n) is 5.45. The fraction of sp³-hybridized carbons (Fsp3) is 0.438. The first-order valence-electron chi connectivity index (χ1n) is 6.58. The highest BCUT2D eigenvalue weighted by Crippen LogP contribution is 2.23. The number of nitrogens with zero attached hydrogens (tertiary/aromatic N) is 1. The minimum Gasteiger partial charge on any atom is -0.330 e. The van der Waals surface area contributed by atoms with E-state index in [0.29, 0.717) is 12.5 Å². The Hall–Kier alpha value is -1.41. The molecule has 0 aliphatic carbocycles. The van der Waals surface area contributed by atoms with Crippen LogP contribution >= 0.6 is 0 Å². The number of fused-ring (bicyclic) bond motifs is 1. The fourth-order valence-electron chi connectivity index (χ4n) is 2.46. The summed E-state index contributed by atoms with van der Waals surface area (Å²) < 4.78 is 0. The van der Waals surface area contributed by atoms with Crippen molar-refractivity contribution in [1.82, 2.24) is 4.98 Å². The zero-order chi connectivity index (χ0) is 13.3. The lowest BCUT2D eigenvalue weighted by atomic mass is 9.99. The molecule has 2 nitrogen and oxygen atoms in total. The van der Waals surface area contributed by atoms with Crippen LogP contribution in [0.5, 0.6) is 0 Å². The Morgan fingerprint density at radius 2 is 1.83 bits per heavy atom. The lowest BCUT2D eigenvalue weighted by Gasteiger charge is -2.12. The van der Waals surface area contributed by atoms with Crippen LogP contribution in [0, 0.1) is 26.7 Å². The molecular weight excluding hydrogens is 220 g/mol. The van der Waals surface area contributed by atoms with Crippen LogP contribution < -0.4 is 5.73 Å². The normalized spacial score (nSPS) is 12.9. The molecule has 2 N–H and O–H groups in total. The first kappa shape index (κ1) is 13.0. The van der Waals surface area contributed by atoms with E-state index in [1.807, 2.05) is 0 Å². The van der Waals surface area contributed by atoms with E-state index in [1.165, 1.54) is 22.1 Å². The van der Waals surface area contributed by atoms with Gasteiger partial charge in [0.25, 0.3) is 0 Å². The summed E-state index contributed by atoms with van der Waals surface area (Å²) >= 11 is 0. The third kappa shape index (κ3) is 2.54. The standard InChI is InChI=1S/C16H22N2/c1-10-5-13(4)16-15(7-10)12(3)8-14(18-16)6-11(2)9-17/h5,7-8,11H,6,9,17H2,1-4H3. The quantitative estimate of drug-likeness (QED) is 0.897. The third-order valence-corrected chi connectivity index (χ3v) is 3.47. The zero-order valence-corrected chi connectivity index (χ0v) is 11.7. The summed E-state index contributed by atoms with van der Waals surface area (Å²) in [6.07, 6.45) is 0.959. The molecule has 0 aliphatic rings. The third-order valence-electron chi connectivity index (χ3n) is 3.47. The molecule has 0 aliphatic heterocycles. The van der Waals surface area contributed by atoms with Crippen molar-refractivity contribution in [2.45, 2.75) is 34.1 Å². The Balaban J connectivity index is 2.54. The maximum Gasteiger partial charge on any atom is 0.0737 e. The molecule has 1 heterocycles. The summed E-state index contributed by atoms with van der Waals surface area (Å²) in [5, 5.41) is 1.27. The SMILES string of the molecule is Cc1cc(C)c2nc(CC(C)CN)cc(C)c2c1. The smallest absolute Gasteiger partial charge is 0.0737 e. The molecule has 2 heteroatoms. The van der Waals surface area contributed by atoms with Crippen LogP contribution in [0.15, 0.2) is 18.2 Å². The van der Waals surface area contributed by atoms with Gasteiger partial charge in [-0.15, -0.1) is 0 Å². The number of hydrogen-bond acceptors (Lipinski definition) is 2. The van der Waals surface area contributed by atoms with Gasteiger partial charge in [-0.25, -0.2) is 0 Å². The van der Waals surface area contributed by atoms with Crippen molar-refractivity contribution in [3.05, 3.63) is 40.6 Å². The molecule has 1 aromatic heterocycles. The molecule has 0 fully saturated rings. The number of aromatic nitrogens is 1. The Labute approximate surface area is 109 Å². The second-order valence-corrected chi connectivity index (χ2v) is 5.45. The van der Waals surface area contributed by atoms with Gasteiger partial charge in [-0.1, -0.05) is 18.6 Å². The molecule has 2 rings (SSSR count). The van der Waals surface area contributed by atoms with Crippen LogP contribution in [0.4, 0.5) is 0 Å². The summed E-state index contributed by atoms with van der Waals surface area (Å²) in [4.78, 5) is 4.81. The van der Waals surface area contributed by atoms with Gasteiger partial charge >= 0.3 is 0 Å². The molecule has 1 aromatic carbocycles. The minimum atomic E-state index is 0.486. The number of rotatable bonds is 3. The highest BCUT2D eigenvalue weighted by Gasteiger charge is 2.08. The van der Waals surface area contributed by atoms with Crippen molar-refractivity contribution in [2.75, 3.05) is 6.54 Å². The Morgan fingerprint density at radius 1 is 1.11 bits per heavy atom. The fourth-order valence-corrected chi connectivity index (χ4v) is 2.46. The van der Waals surface area contributed by atoms with Crippen molar-refractivity contribution in [1.29, 1.82) is 0 Å². The Kier molecular flexibility index (Phi) is 3.67. The molecule has 2 aromatic rings. The van der Waals surface area contributed by atoms with Gasteiger partial charge in [-0.2, -0.15) is 0 Å². The monoisotopic (exact) mass is 242 g/mol. The van der Waals surface area contributed by atoms with Gasteiger partial charge in [0.15, 0.2) is 0 Å². The molecule has 1 unspecified atom stereocenters. The van der Waals surface area contributed by atoms with Crippen LogP contribution in [0.2, 0.25) is 0 Å². The topological polar surface area (TPSA) is 38.9 Å². The molecular formula is C16H22N2. The van der Waals surface area contributed by atoms with Crippen LogP contribution in [-0.4, -0.2) is 11.5 Å². The Bertz CT molecular complexity index is 573. The van der Waals surface area contributed by atoms with Gasteiger partial charge < -0.3 is 5.73 Å². The van der Waals surface area contributed by atoms with Gasteiger partial charge in [-0.05, 0) is 62.9 Å². The van der Waals surface area contributed by atoms with Crippen molar-refractivity contribution in [3.63, 3.8) is 0 Å². The van der Waals surface area contributed by atoms with Gasteiger partial charge in [0.1, 0.15) is 0 Å². The van der Waals surface area contributed by atoms with E-state index in [2.05, 4.69) is 45.9 Å². The maximum absolute atomic E-state index is 5.69. The zero-order valence-electron chi connectivity index (χ0n) is 11.7.